The van der Waals surface area contributed by atoms with Crippen molar-refractivity contribution in [3.8, 4) is 0 Å². The van der Waals surface area contributed by atoms with Crippen LogP contribution in [0.3, 0.4) is 0 Å². The van der Waals surface area contributed by atoms with Crippen molar-refractivity contribution in [1.82, 2.24) is 0 Å². The molecule has 0 rings (SSSR count). The van der Waals surface area contributed by atoms with Crippen LogP contribution in [-0.4, -0.2) is 19.0 Å². The molecule has 0 bridgehead atoms. The van der Waals surface area contributed by atoms with Gasteiger partial charge < -0.3 is 9.47 Å². The van der Waals surface area contributed by atoms with Crippen LogP contribution in [0.15, 0.2) is 25.5 Å². The van der Waals surface area contributed by atoms with Crippen LogP contribution in [0, 0.1) is 0 Å². The van der Waals surface area contributed by atoms with E-state index in [1.807, 2.05) is 0 Å². The molecular formula is C13H22O4. The average Bonchev–Trinajstić information content (AvgIpc) is 2.31. The van der Waals surface area contributed by atoms with Crippen molar-refractivity contribution in [2.24, 2.45) is 0 Å². The number of ether oxygens (including phenoxy) is 2. The fraction of sp³-hybridized carbons (Fsp3) is 0.538. The second-order valence-corrected chi connectivity index (χ2v) is 3.18. The second-order valence-electron chi connectivity index (χ2n) is 3.18. The van der Waals surface area contributed by atoms with Gasteiger partial charge in [0.15, 0.2) is 0 Å². The van der Waals surface area contributed by atoms with Crippen molar-refractivity contribution >= 4 is 11.9 Å². The molecule has 0 heterocycles. The maximum absolute atomic E-state index is 10.6. The first-order valence-electron chi connectivity index (χ1n) is 5.60. The monoisotopic (exact) mass is 242 g/mol. The van der Waals surface area contributed by atoms with Crippen molar-refractivity contribution in [1.29, 1.82) is 0 Å². The quantitative estimate of drug-likeness (QED) is 0.298. The highest BCUT2D eigenvalue weighted by molar-refractivity contribution is 5.70. The minimum atomic E-state index is -0.241. The molecule has 0 aliphatic carbocycles. The Balaban J connectivity index is 0. The minimum Gasteiger partial charge on any atom is -0.469 e. The van der Waals surface area contributed by atoms with E-state index in [1.165, 1.54) is 19.4 Å². The topological polar surface area (TPSA) is 52.6 Å². The molecule has 0 spiro atoms. The van der Waals surface area contributed by atoms with Crippen LogP contribution in [0.2, 0.25) is 0 Å². The largest absolute Gasteiger partial charge is 0.469 e. The van der Waals surface area contributed by atoms with Gasteiger partial charge in [0.05, 0.1) is 19.8 Å². The molecule has 17 heavy (non-hydrogen) atoms. The smallest absolute Gasteiger partial charge is 0.310 e. The number of hydrogen-bond donors (Lipinski definition) is 0. The Labute approximate surface area is 103 Å². The van der Waals surface area contributed by atoms with Gasteiger partial charge in [-0.25, -0.2) is 0 Å². The Hall–Kier alpha value is -1.58. The first kappa shape index (κ1) is 17.8. The average molecular weight is 242 g/mol. The molecule has 0 aromatic carbocycles. The zero-order valence-electron chi connectivity index (χ0n) is 10.7. The van der Waals surface area contributed by atoms with E-state index in [1.54, 1.807) is 0 Å². The number of carbonyl (C=O) groups is 2. The van der Waals surface area contributed by atoms with Crippen molar-refractivity contribution in [3.05, 3.63) is 25.5 Å². The molecular weight excluding hydrogens is 220 g/mol. The predicted molar refractivity (Wildman–Crippen MR) is 67.3 cm³/mol. The number of carbonyl (C=O) groups excluding carboxylic acids is 2. The molecule has 4 heteroatoms. The van der Waals surface area contributed by atoms with E-state index in [-0.39, 0.29) is 11.9 Å². The third-order valence-electron chi connectivity index (χ3n) is 1.74. The Kier molecular flexibility index (Phi) is 15.1. The lowest BCUT2D eigenvalue weighted by molar-refractivity contribution is -0.140. The summed E-state index contributed by atoms with van der Waals surface area (Å²) in [4.78, 5) is 20.7. The highest BCUT2D eigenvalue weighted by atomic mass is 16.5. The lowest BCUT2D eigenvalue weighted by Gasteiger charge is -1.96. The highest BCUT2D eigenvalue weighted by Crippen LogP contribution is 1.99. The van der Waals surface area contributed by atoms with Crippen molar-refractivity contribution in [2.45, 2.75) is 39.0 Å². The molecule has 0 unspecified atom stereocenters. The normalized spacial score (nSPS) is 8.35. The fourth-order valence-electron chi connectivity index (χ4n) is 0.872. The maximum Gasteiger partial charge on any atom is 0.310 e. The molecule has 0 atom stereocenters. The summed E-state index contributed by atoms with van der Waals surface area (Å²) in [5.74, 6) is -0.418. The number of methoxy groups -OCH3 is 1. The van der Waals surface area contributed by atoms with E-state index in [2.05, 4.69) is 29.6 Å². The van der Waals surface area contributed by atoms with Gasteiger partial charge in [-0.2, -0.15) is 0 Å². The van der Waals surface area contributed by atoms with Crippen molar-refractivity contribution in [2.75, 3.05) is 7.11 Å². The molecule has 0 fully saturated rings. The molecule has 98 valence electrons. The molecule has 0 radical (unpaired) electrons. The van der Waals surface area contributed by atoms with E-state index in [0.717, 1.165) is 19.3 Å². The van der Waals surface area contributed by atoms with Crippen LogP contribution >= 0.6 is 0 Å². The second kappa shape index (κ2) is 14.4. The van der Waals surface area contributed by atoms with E-state index in [0.29, 0.717) is 12.8 Å². The standard InChI is InChI=1S/C8H14O2.C5H8O2/c1-3-5-6-7-8(9)10-4-2;1-3-4-5(6)7-2/h4H,2-3,5-7H2,1H3;3H,1,4H2,2H3. The van der Waals surface area contributed by atoms with Crippen LogP contribution in [0.1, 0.15) is 39.0 Å². The van der Waals surface area contributed by atoms with Gasteiger partial charge in [0, 0.05) is 6.42 Å². The molecule has 0 aliphatic rings. The summed E-state index contributed by atoms with van der Waals surface area (Å²) in [5.41, 5.74) is 0. The SMILES string of the molecule is C=CCC(=O)OC.C=COC(=O)CCCCC. The van der Waals surface area contributed by atoms with Crippen LogP contribution in [-0.2, 0) is 19.1 Å². The zero-order valence-corrected chi connectivity index (χ0v) is 10.7. The third kappa shape index (κ3) is 17.1. The van der Waals surface area contributed by atoms with Gasteiger partial charge in [0.25, 0.3) is 0 Å². The summed E-state index contributed by atoms with van der Waals surface area (Å²) >= 11 is 0. The molecule has 0 aliphatic heterocycles. The summed E-state index contributed by atoms with van der Waals surface area (Å²) in [6.07, 6.45) is 6.63. The first-order chi connectivity index (χ1) is 8.12. The van der Waals surface area contributed by atoms with Gasteiger partial charge in [-0.3, -0.25) is 9.59 Å². The maximum atomic E-state index is 10.6. The molecule has 0 aromatic heterocycles. The lowest BCUT2D eigenvalue weighted by Crippen LogP contribution is -1.97. The fourth-order valence-corrected chi connectivity index (χ4v) is 0.872. The van der Waals surface area contributed by atoms with Crippen molar-refractivity contribution < 1.29 is 19.1 Å². The Morgan fingerprint density at radius 3 is 2.18 bits per heavy atom. The Morgan fingerprint density at radius 2 is 1.82 bits per heavy atom. The number of esters is 2. The van der Waals surface area contributed by atoms with E-state index < -0.39 is 0 Å². The Morgan fingerprint density at radius 1 is 1.18 bits per heavy atom. The van der Waals surface area contributed by atoms with Crippen LogP contribution < -0.4 is 0 Å². The van der Waals surface area contributed by atoms with E-state index >= 15 is 0 Å². The van der Waals surface area contributed by atoms with Crippen LogP contribution in [0.25, 0.3) is 0 Å². The molecule has 0 saturated heterocycles. The van der Waals surface area contributed by atoms with Gasteiger partial charge in [0.2, 0.25) is 0 Å². The van der Waals surface area contributed by atoms with E-state index in [4.69, 9.17) is 0 Å². The summed E-state index contributed by atoms with van der Waals surface area (Å²) in [6.45, 7) is 8.73. The molecule has 4 nitrogen and oxygen atoms in total. The number of hydrogen-bond acceptors (Lipinski definition) is 4. The minimum absolute atomic E-state index is 0.177. The predicted octanol–water partition coefficient (Wildman–Crippen LogP) is 2.99. The van der Waals surface area contributed by atoms with Gasteiger partial charge in [0.1, 0.15) is 0 Å². The number of unbranched alkanes of at least 4 members (excludes halogenated alkanes) is 2. The summed E-state index contributed by atoms with van der Waals surface area (Å²) < 4.78 is 8.79. The molecule has 0 saturated carbocycles. The molecule has 0 amide bonds. The Bertz CT molecular complexity index is 234. The highest BCUT2D eigenvalue weighted by Gasteiger charge is 1.97. The van der Waals surface area contributed by atoms with Crippen molar-refractivity contribution in [3.63, 3.8) is 0 Å². The van der Waals surface area contributed by atoms with Gasteiger partial charge in [-0.05, 0) is 6.42 Å². The zero-order chi connectivity index (χ0) is 13.5. The third-order valence-corrected chi connectivity index (χ3v) is 1.74. The number of rotatable bonds is 7. The summed E-state index contributed by atoms with van der Waals surface area (Å²) in [6, 6.07) is 0. The lowest BCUT2D eigenvalue weighted by atomic mass is 10.2. The molecule has 0 N–H and O–H groups in total. The molecule has 0 aromatic rings. The van der Waals surface area contributed by atoms with Gasteiger partial charge >= 0.3 is 11.9 Å². The summed E-state index contributed by atoms with van der Waals surface area (Å²) in [7, 11) is 1.35. The van der Waals surface area contributed by atoms with Crippen LogP contribution in [0.5, 0.6) is 0 Å². The van der Waals surface area contributed by atoms with Gasteiger partial charge in [-0.1, -0.05) is 32.4 Å². The van der Waals surface area contributed by atoms with Gasteiger partial charge in [-0.15, -0.1) is 6.58 Å². The van der Waals surface area contributed by atoms with E-state index in [9.17, 15) is 9.59 Å². The van der Waals surface area contributed by atoms with Crippen LogP contribution in [0.4, 0.5) is 0 Å². The first-order valence-corrected chi connectivity index (χ1v) is 5.60. The summed E-state index contributed by atoms with van der Waals surface area (Å²) in [5, 5.41) is 0.